The minimum Gasteiger partial charge on any atom is -0.310 e. The minimum atomic E-state index is -0.167. The molecule has 5 heteroatoms. The molecule has 1 aliphatic heterocycles. The second kappa shape index (κ2) is 8.48. The van der Waals surface area contributed by atoms with Crippen LogP contribution in [0.4, 0.5) is 10.5 Å². The van der Waals surface area contributed by atoms with Crippen LogP contribution in [0, 0.1) is 13.8 Å². The summed E-state index contributed by atoms with van der Waals surface area (Å²) in [7, 11) is 0. The second-order valence-electron chi connectivity index (χ2n) is 9.49. The van der Waals surface area contributed by atoms with E-state index in [-0.39, 0.29) is 12.1 Å². The molecular weight excluding hydrogens is 438 g/mol. The summed E-state index contributed by atoms with van der Waals surface area (Å²) < 4.78 is 2.33. The number of anilines is 1. The smallest absolute Gasteiger partial charge is 0.310 e. The van der Waals surface area contributed by atoms with Crippen molar-refractivity contribution in [3.63, 3.8) is 0 Å². The molecule has 3 heterocycles. The Kier molecular flexibility index (Phi) is 5.30. The largest absolute Gasteiger partial charge is 0.322 e. The molecule has 2 aromatic carbocycles. The molecule has 2 aromatic heterocycles. The maximum Gasteiger partial charge on any atom is 0.322 e. The summed E-state index contributed by atoms with van der Waals surface area (Å²) >= 11 is 1.92. The number of hydrogen-bond donors (Lipinski definition) is 1. The first-order valence-electron chi connectivity index (χ1n) is 12.1. The number of carbonyl (C=O) groups is 1. The standard InChI is InChI=1S/C29H29N3OS/c1-19-14-15-20(2)24(17-19)30-29(33)32-18-23-22-11-6-7-13-26(22)34-28(23)31-16-8-12-25(31)27(32)21-9-4-3-5-10-21/h3-5,8-10,12,14-17,27H,6-7,11,13,18H2,1-2H3,(H,30,33)/t27-/m0/s1. The Morgan fingerprint density at radius 3 is 2.65 bits per heavy atom. The van der Waals surface area contributed by atoms with E-state index in [1.807, 2.05) is 29.2 Å². The molecule has 4 nitrogen and oxygen atoms in total. The normalized spacial score (nSPS) is 16.9. The van der Waals surface area contributed by atoms with E-state index in [1.54, 1.807) is 0 Å². The van der Waals surface area contributed by atoms with Crippen molar-refractivity contribution in [2.75, 3.05) is 5.32 Å². The lowest BCUT2D eigenvalue weighted by molar-refractivity contribution is 0.194. The molecule has 0 saturated heterocycles. The van der Waals surface area contributed by atoms with Crippen LogP contribution in [0.2, 0.25) is 0 Å². The summed E-state index contributed by atoms with van der Waals surface area (Å²) in [5, 5.41) is 4.54. The number of nitrogens with one attached hydrogen (secondary N) is 1. The van der Waals surface area contributed by atoms with Gasteiger partial charge in [0.1, 0.15) is 5.00 Å². The molecule has 0 saturated carbocycles. The molecule has 0 spiro atoms. The fourth-order valence-electron chi connectivity index (χ4n) is 5.43. The zero-order valence-corrected chi connectivity index (χ0v) is 20.5. The van der Waals surface area contributed by atoms with Crippen LogP contribution in [0.25, 0.3) is 5.00 Å². The van der Waals surface area contributed by atoms with Crippen LogP contribution in [-0.2, 0) is 19.4 Å². The number of urea groups is 1. The number of amides is 2. The van der Waals surface area contributed by atoms with Crippen molar-refractivity contribution in [2.45, 2.75) is 52.1 Å². The highest BCUT2D eigenvalue weighted by molar-refractivity contribution is 7.15. The lowest BCUT2D eigenvalue weighted by Gasteiger charge is -2.31. The monoisotopic (exact) mass is 467 g/mol. The third-order valence-electron chi connectivity index (χ3n) is 7.19. The van der Waals surface area contributed by atoms with E-state index in [4.69, 9.17) is 0 Å². The highest BCUT2D eigenvalue weighted by atomic mass is 32.1. The molecule has 0 fully saturated rings. The van der Waals surface area contributed by atoms with Gasteiger partial charge in [-0.2, -0.15) is 0 Å². The van der Waals surface area contributed by atoms with Gasteiger partial charge in [0.2, 0.25) is 0 Å². The number of rotatable bonds is 2. The van der Waals surface area contributed by atoms with Crippen molar-refractivity contribution in [3.8, 4) is 5.00 Å². The molecular formula is C29H29N3OS. The van der Waals surface area contributed by atoms with Crippen LogP contribution in [0.3, 0.4) is 0 Å². The van der Waals surface area contributed by atoms with Gasteiger partial charge < -0.3 is 14.8 Å². The number of hydrogen-bond acceptors (Lipinski definition) is 2. The van der Waals surface area contributed by atoms with E-state index in [2.05, 4.69) is 77.6 Å². The fraction of sp³-hybridized carbons (Fsp3) is 0.276. The summed E-state index contributed by atoms with van der Waals surface area (Å²) in [6, 6.07) is 20.7. The zero-order chi connectivity index (χ0) is 23.2. The lowest BCUT2D eigenvalue weighted by Crippen LogP contribution is -2.38. The van der Waals surface area contributed by atoms with Crippen molar-refractivity contribution in [1.82, 2.24) is 9.47 Å². The third-order valence-corrected chi connectivity index (χ3v) is 8.52. The highest BCUT2D eigenvalue weighted by Gasteiger charge is 2.36. The minimum absolute atomic E-state index is 0.0566. The molecule has 2 aliphatic rings. The Balaban J connectivity index is 1.50. The van der Waals surface area contributed by atoms with Gasteiger partial charge in [-0.3, -0.25) is 0 Å². The molecule has 1 N–H and O–H groups in total. The summed E-state index contributed by atoms with van der Waals surface area (Å²) in [5.41, 5.74) is 8.16. The first-order valence-corrected chi connectivity index (χ1v) is 12.9. The maximum absolute atomic E-state index is 14.0. The van der Waals surface area contributed by atoms with E-state index in [0.29, 0.717) is 6.54 Å². The van der Waals surface area contributed by atoms with E-state index in [0.717, 1.165) is 40.9 Å². The van der Waals surface area contributed by atoms with Gasteiger partial charge in [0.25, 0.3) is 0 Å². The lowest BCUT2D eigenvalue weighted by atomic mass is 9.95. The molecule has 34 heavy (non-hydrogen) atoms. The first kappa shape index (κ1) is 21.2. The van der Waals surface area contributed by atoms with Crippen LogP contribution in [0.1, 0.15) is 57.3 Å². The van der Waals surface area contributed by atoms with Crippen LogP contribution >= 0.6 is 11.3 Å². The van der Waals surface area contributed by atoms with Gasteiger partial charge in [0.05, 0.1) is 18.3 Å². The topological polar surface area (TPSA) is 37.3 Å². The van der Waals surface area contributed by atoms with Crippen LogP contribution in [0.15, 0.2) is 66.9 Å². The molecule has 6 rings (SSSR count). The molecule has 0 bridgehead atoms. The second-order valence-corrected chi connectivity index (χ2v) is 10.6. The molecule has 0 unspecified atom stereocenters. The molecule has 1 atom stereocenters. The molecule has 4 aromatic rings. The van der Waals surface area contributed by atoms with Crippen LogP contribution in [-0.4, -0.2) is 15.5 Å². The van der Waals surface area contributed by atoms with Crippen molar-refractivity contribution >= 4 is 23.1 Å². The summed E-state index contributed by atoms with van der Waals surface area (Å²) in [6.07, 6.45) is 6.92. The summed E-state index contributed by atoms with van der Waals surface area (Å²) in [5.74, 6) is 0. The van der Waals surface area contributed by atoms with Crippen molar-refractivity contribution in [3.05, 3.63) is 105 Å². The van der Waals surface area contributed by atoms with Gasteiger partial charge in [0.15, 0.2) is 0 Å². The Hall–Kier alpha value is -3.31. The summed E-state index contributed by atoms with van der Waals surface area (Å²) in [4.78, 5) is 17.5. The van der Waals surface area contributed by atoms with Crippen molar-refractivity contribution in [2.24, 2.45) is 0 Å². The SMILES string of the molecule is Cc1ccc(C)c(NC(=O)N2Cc3c(sc4c3CCCC4)-n3cccc3[C@@H]2c2ccccc2)c1. The van der Waals surface area contributed by atoms with Gasteiger partial charge in [-0.25, -0.2) is 4.79 Å². The quantitative estimate of drug-likeness (QED) is 0.333. The van der Waals surface area contributed by atoms with Crippen LogP contribution in [0.5, 0.6) is 0 Å². The van der Waals surface area contributed by atoms with Gasteiger partial charge in [0, 0.05) is 22.3 Å². The van der Waals surface area contributed by atoms with E-state index in [9.17, 15) is 4.79 Å². The number of carbonyl (C=O) groups excluding carboxylic acids is 1. The molecule has 1 aliphatic carbocycles. The number of aromatic nitrogens is 1. The molecule has 0 radical (unpaired) electrons. The average molecular weight is 468 g/mol. The third kappa shape index (κ3) is 3.55. The van der Waals surface area contributed by atoms with Gasteiger partial charge in [-0.15, -0.1) is 11.3 Å². The van der Waals surface area contributed by atoms with Crippen LogP contribution < -0.4 is 5.32 Å². The maximum atomic E-state index is 14.0. The highest BCUT2D eigenvalue weighted by Crippen LogP contribution is 2.44. The molecule has 2 amide bonds. The molecule has 172 valence electrons. The van der Waals surface area contributed by atoms with Gasteiger partial charge in [-0.05, 0) is 80.0 Å². The van der Waals surface area contributed by atoms with E-state index < -0.39 is 0 Å². The summed E-state index contributed by atoms with van der Waals surface area (Å²) in [6.45, 7) is 4.72. The predicted octanol–water partition coefficient (Wildman–Crippen LogP) is 7.17. The fourth-order valence-corrected chi connectivity index (χ4v) is 6.83. The van der Waals surface area contributed by atoms with Crippen molar-refractivity contribution in [1.29, 1.82) is 0 Å². The Bertz CT molecular complexity index is 1370. The Morgan fingerprint density at radius 2 is 1.79 bits per heavy atom. The van der Waals surface area contributed by atoms with E-state index >= 15 is 0 Å². The Morgan fingerprint density at radius 1 is 0.971 bits per heavy atom. The zero-order valence-electron chi connectivity index (χ0n) is 19.7. The van der Waals surface area contributed by atoms with E-state index in [1.165, 1.54) is 33.8 Å². The number of aryl methyl sites for hydroxylation is 3. The van der Waals surface area contributed by atoms with Gasteiger partial charge in [-0.1, -0.05) is 42.5 Å². The Labute approximate surface area is 204 Å². The first-order chi connectivity index (χ1) is 16.6. The number of thiophene rings is 1. The average Bonchev–Trinajstić information content (AvgIpc) is 3.44. The predicted molar refractivity (Wildman–Crippen MR) is 139 cm³/mol. The number of nitrogens with zero attached hydrogens (tertiary/aromatic N) is 2. The number of fused-ring (bicyclic) bond motifs is 5. The number of benzene rings is 2. The van der Waals surface area contributed by atoms with Crippen molar-refractivity contribution < 1.29 is 4.79 Å². The van der Waals surface area contributed by atoms with Gasteiger partial charge >= 0.3 is 6.03 Å².